The Morgan fingerprint density at radius 2 is 1.85 bits per heavy atom. The van der Waals surface area contributed by atoms with E-state index >= 15 is 0 Å². The summed E-state index contributed by atoms with van der Waals surface area (Å²) in [4.78, 5) is 30.4. The van der Waals surface area contributed by atoms with Crippen molar-refractivity contribution in [3.8, 4) is 0 Å². The number of nitrogens with zero attached hydrogens (tertiary/aromatic N) is 2. The number of anilines is 1. The van der Waals surface area contributed by atoms with Gasteiger partial charge >= 0.3 is 0 Å². The van der Waals surface area contributed by atoms with Crippen LogP contribution in [0.5, 0.6) is 0 Å². The Kier molecular flexibility index (Phi) is 4.88. The van der Waals surface area contributed by atoms with Crippen molar-refractivity contribution in [1.82, 2.24) is 4.90 Å². The molecule has 2 fully saturated rings. The van der Waals surface area contributed by atoms with Gasteiger partial charge in [-0.15, -0.1) is 0 Å². The van der Waals surface area contributed by atoms with E-state index in [1.165, 1.54) is 18.2 Å². The van der Waals surface area contributed by atoms with Crippen molar-refractivity contribution in [2.45, 2.75) is 51.5 Å². The van der Waals surface area contributed by atoms with Gasteiger partial charge in [-0.2, -0.15) is 0 Å². The maximum absolute atomic E-state index is 13.2. The molecule has 26 heavy (non-hydrogen) atoms. The zero-order valence-corrected chi connectivity index (χ0v) is 16.5. The molecule has 0 spiro atoms. The summed E-state index contributed by atoms with van der Waals surface area (Å²) < 4.78 is 0.601. The molecule has 1 aromatic rings. The molecule has 2 amide bonds. The molecule has 0 unspecified atom stereocenters. The lowest BCUT2D eigenvalue weighted by Crippen LogP contribution is -2.40. The molecule has 0 aromatic heterocycles. The Balaban J connectivity index is 1.75. The molecule has 0 radical (unpaired) electrons. The van der Waals surface area contributed by atoms with E-state index in [4.69, 9.17) is 12.2 Å². The third-order valence-electron chi connectivity index (χ3n) is 5.34. The van der Waals surface area contributed by atoms with Gasteiger partial charge in [-0.05, 0) is 25.3 Å². The van der Waals surface area contributed by atoms with Gasteiger partial charge in [0, 0.05) is 18.2 Å². The molecule has 2 heterocycles. The molecule has 1 aliphatic carbocycles. The van der Waals surface area contributed by atoms with Crippen LogP contribution < -0.4 is 4.90 Å². The largest absolute Gasteiger partial charge is 0.308 e. The van der Waals surface area contributed by atoms with E-state index in [9.17, 15) is 9.59 Å². The van der Waals surface area contributed by atoms with Gasteiger partial charge in [-0.1, -0.05) is 68.4 Å². The molecule has 4 rings (SSSR count). The van der Waals surface area contributed by atoms with Crippen LogP contribution in [-0.4, -0.2) is 33.6 Å². The third-order valence-corrected chi connectivity index (χ3v) is 6.74. The predicted octanol–water partition coefficient (Wildman–Crippen LogP) is 4.35. The summed E-state index contributed by atoms with van der Waals surface area (Å²) in [6.07, 6.45) is 6.38. The zero-order chi connectivity index (χ0) is 18.3. The fourth-order valence-electron chi connectivity index (χ4n) is 4.13. The number of hydrogen-bond acceptors (Lipinski definition) is 4. The van der Waals surface area contributed by atoms with Crippen molar-refractivity contribution in [1.29, 1.82) is 0 Å². The normalized spacial score (nSPS) is 24.0. The average molecular weight is 387 g/mol. The van der Waals surface area contributed by atoms with Crippen LogP contribution in [0.4, 0.5) is 5.69 Å². The van der Waals surface area contributed by atoms with Gasteiger partial charge in [0.2, 0.25) is 0 Å². The first-order valence-corrected chi connectivity index (χ1v) is 10.6. The van der Waals surface area contributed by atoms with Gasteiger partial charge in [0.15, 0.2) is 0 Å². The Labute approximate surface area is 163 Å². The quantitative estimate of drug-likeness (QED) is 0.572. The number of amides is 2. The molecule has 136 valence electrons. The Morgan fingerprint density at radius 3 is 2.58 bits per heavy atom. The van der Waals surface area contributed by atoms with E-state index in [0.29, 0.717) is 21.3 Å². The Bertz CT molecular complexity index is 812. The van der Waals surface area contributed by atoms with Gasteiger partial charge in [0.25, 0.3) is 11.8 Å². The van der Waals surface area contributed by atoms with Crippen molar-refractivity contribution in [2.24, 2.45) is 0 Å². The Morgan fingerprint density at radius 1 is 1.12 bits per heavy atom. The summed E-state index contributed by atoms with van der Waals surface area (Å²) in [6, 6.07) is 7.94. The van der Waals surface area contributed by atoms with Crippen molar-refractivity contribution in [3.63, 3.8) is 0 Å². The molecule has 1 aromatic carbocycles. The molecule has 0 N–H and O–H groups in total. The van der Waals surface area contributed by atoms with Gasteiger partial charge in [-0.25, -0.2) is 0 Å². The molecule has 0 atom stereocenters. The first kappa shape index (κ1) is 17.7. The molecular formula is C20H22N2O2S2. The second-order valence-electron chi connectivity index (χ2n) is 7.01. The molecule has 4 nitrogen and oxygen atoms in total. The number of rotatable bonds is 3. The highest BCUT2D eigenvalue weighted by molar-refractivity contribution is 8.26. The van der Waals surface area contributed by atoms with Crippen LogP contribution in [0.15, 0.2) is 29.2 Å². The average Bonchev–Trinajstić information content (AvgIpc) is 3.10. The first-order valence-electron chi connectivity index (χ1n) is 9.34. The van der Waals surface area contributed by atoms with Gasteiger partial charge in [-0.3, -0.25) is 14.5 Å². The van der Waals surface area contributed by atoms with E-state index in [0.717, 1.165) is 43.4 Å². The summed E-state index contributed by atoms with van der Waals surface area (Å²) in [7, 11) is 0. The topological polar surface area (TPSA) is 40.6 Å². The van der Waals surface area contributed by atoms with E-state index in [1.54, 1.807) is 9.80 Å². The monoisotopic (exact) mass is 386 g/mol. The summed E-state index contributed by atoms with van der Waals surface area (Å²) in [5.74, 6) is -0.152. The number of benzene rings is 1. The number of carbonyl (C=O) groups excluding carboxylic acids is 2. The number of carbonyl (C=O) groups is 2. The van der Waals surface area contributed by atoms with E-state index in [2.05, 4.69) is 6.92 Å². The zero-order valence-electron chi connectivity index (χ0n) is 14.9. The van der Waals surface area contributed by atoms with Crippen molar-refractivity contribution in [3.05, 3.63) is 34.7 Å². The molecule has 0 bridgehead atoms. The van der Waals surface area contributed by atoms with E-state index in [1.807, 2.05) is 24.3 Å². The van der Waals surface area contributed by atoms with Crippen LogP contribution >= 0.6 is 24.0 Å². The fourth-order valence-corrected chi connectivity index (χ4v) is 5.60. The minimum atomic E-state index is -0.0802. The minimum absolute atomic E-state index is 0.0720. The summed E-state index contributed by atoms with van der Waals surface area (Å²) in [5, 5.41) is 0. The molecule has 2 aliphatic heterocycles. The van der Waals surface area contributed by atoms with Gasteiger partial charge in [0.05, 0.1) is 16.2 Å². The second kappa shape index (κ2) is 7.16. The van der Waals surface area contributed by atoms with E-state index < -0.39 is 0 Å². The molecule has 6 heteroatoms. The van der Waals surface area contributed by atoms with Crippen LogP contribution in [0.2, 0.25) is 0 Å². The van der Waals surface area contributed by atoms with Crippen LogP contribution in [-0.2, 0) is 9.59 Å². The standard InChI is InChI=1S/C20H22N2O2S2/c1-2-12-21-15-11-7-6-10-14(15)16(18(21)23)17-19(24)22(20(25)26-17)13-8-4-3-5-9-13/h6-7,10-11,13H,2-5,8-9,12H2,1H3. The number of thiocarbonyl (C=S) groups is 1. The Hall–Kier alpha value is -1.66. The molecule has 3 aliphatic rings. The highest BCUT2D eigenvalue weighted by atomic mass is 32.2. The van der Waals surface area contributed by atoms with Gasteiger partial charge in [0.1, 0.15) is 4.32 Å². The second-order valence-corrected chi connectivity index (χ2v) is 8.66. The summed E-state index contributed by atoms with van der Waals surface area (Å²) in [5.41, 5.74) is 2.29. The van der Waals surface area contributed by atoms with Crippen molar-refractivity contribution in [2.75, 3.05) is 11.4 Å². The SMILES string of the molecule is CCCN1C(=O)C(=C2SC(=S)N(C3CCCCC3)C2=O)c2ccccc21. The van der Waals surface area contributed by atoms with Gasteiger partial charge < -0.3 is 4.90 Å². The lowest BCUT2D eigenvalue weighted by molar-refractivity contribution is -0.124. The lowest BCUT2D eigenvalue weighted by atomic mass is 9.94. The van der Waals surface area contributed by atoms with Crippen LogP contribution in [0.3, 0.4) is 0 Å². The van der Waals surface area contributed by atoms with E-state index in [-0.39, 0.29) is 17.9 Å². The number of hydrogen-bond donors (Lipinski definition) is 0. The highest BCUT2D eigenvalue weighted by Crippen LogP contribution is 2.45. The number of fused-ring (bicyclic) bond motifs is 1. The smallest absolute Gasteiger partial charge is 0.267 e. The number of thioether (sulfide) groups is 1. The molecule has 1 saturated heterocycles. The third kappa shape index (κ3) is 2.79. The molecular weight excluding hydrogens is 364 g/mol. The maximum atomic E-state index is 13.2. The number of para-hydroxylation sites is 1. The van der Waals surface area contributed by atoms with Crippen molar-refractivity contribution >= 4 is 51.4 Å². The van der Waals surface area contributed by atoms with Crippen LogP contribution in [0.1, 0.15) is 51.0 Å². The lowest BCUT2D eigenvalue weighted by Gasteiger charge is -2.29. The maximum Gasteiger partial charge on any atom is 0.267 e. The minimum Gasteiger partial charge on any atom is -0.308 e. The van der Waals surface area contributed by atoms with Crippen LogP contribution in [0, 0.1) is 0 Å². The van der Waals surface area contributed by atoms with Crippen molar-refractivity contribution < 1.29 is 9.59 Å². The fraction of sp³-hybridized carbons (Fsp3) is 0.450. The first-order chi connectivity index (χ1) is 12.6. The summed E-state index contributed by atoms with van der Waals surface area (Å²) >= 11 is 6.84. The summed E-state index contributed by atoms with van der Waals surface area (Å²) in [6.45, 7) is 2.71. The predicted molar refractivity (Wildman–Crippen MR) is 110 cm³/mol. The highest BCUT2D eigenvalue weighted by Gasteiger charge is 2.43. The molecule has 1 saturated carbocycles. The van der Waals surface area contributed by atoms with Crippen LogP contribution in [0.25, 0.3) is 5.57 Å².